The molecule has 5 nitrogen and oxygen atoms in total. The number of primary amides is 1. The number of amides is 1. The summed E-state index contributed by atoms with van der Waals surface area (Å²) in [5, 5.41) is 8.72. The zero-order valence-corrected chi connectivity index (χ0v) is 7.15. The fourth-order valence-electron chi connectivity index (χ4n) is 1.12. The molecule has 0 aliphatic rings. The third kappa shape index (κ3) is 1.87. The SMILES string of the molecule is Cc1ccc(C(=O)O)n1CC(N)=O. The minimum absolute atomic E-state index is 0.0799. The Hall–Kier alpha value is -1.78. The van der Waals surface area contributed by atoms with Gasteiger partial charge in [-0.3, -0.25) is 4.79 Å². The number of carbonyl (C=O) groups excluding carboxylic acids is 1. The highest BCUT2D eigenvalue weighted by Gasteiger charge is 2.12. The van der Waals surface area contributed by atoms with Crippen LogP contribution in [0.4, 0.5) is 0 Å². The zero-order chi connectivity index (χ0) is 10.0. The minimum atomic E-state index is -1.06. The molecule has 0 atom stereocenters. The van der Waals surface area contributed by atoms with Gasteiger partial charge in [-0.1, -0.05) is 0 Å². The number of aromatic carboxylic acids is 1. The number of aryl methyl sites for hydroxylation is 1. The number of nitrogens with two attached hydrogens (primary N) is 1. The van der Waals surface area contributed by atoms with E-state index in [0.717, 1.165) is 0 Å². The molecule has 0 fully saturated rings. The summed E-state index contributed by atoms with van der Waals surface area (Å²) in [6.45, 7) is 1.62. The van der Waals surface area contributed by atoms with Crippen LogP contribution in [0.25, 0.3) is 0 Å². The van der Waals surface area contributed by atoms with E-state index in [-0.39, 0.29) is 12.2 Å². The van der Waals surface area contributed by atoms with Gasteiger partial charge in [-0.25, -0.2) is 4.79 Å². The lowest BCUT2D eigenvalue weighted by Crippen LogP contribution is -2.22. The van der Waals surface area contributed by atoms with Crippen molar-refractivity contribution in [3.05, 3.63) is 23.5 Å². The largest absolute Gasteiger partial charge is 0.477 e. The van der Waals surface area contributed by atoms with Crippen molar-refractivity contribution in [3.8, 4) is 0 Å². The molecule has 0 radical (unpaired) electrons. The first-order valence-corrected chi connectivity index (χ1v) is 3.70. The standard InChI is InChI=1S/C8H10N2O3/c1-5-2-3-6(8(12)13)10(5)4-7(9)11/h2-3H,4H2,1H3,(H2,9,11)(H,12,13). The van der Waals surface area contributed by atoms with Crippen molar-refractivity contribution < 1.29 is 14.7 Å². The number of carboxylic acids is 1. The molecule has 1 aromatic heterocycles. The topological polar surface area (TPSA) is 85.3 Å². The van der Waals surface area contributed by atoms with Crippen molar-refractivity contribution in [1.29, 1.82) is 0 Å². The third-order valence-corrected chi connectivity index (χ3v) is 1.73. The van der Waals surface area contributed by atoms with Crippen LogP contribution in [0.5, 0.6) is 0 Å². The number of rotatable bonds is 3. The average molecular weight is 182 g/mol. The summed E-state index contributed by atoms with van der Waals surface area (Å²) in [7, 11) is 0. The van der Waals surface area contributed by atoms with Crippen LogP contribution in [0.15, 0.2) is 12.1 Å². The summed E-state index contributed by atoms with van der Waals surface area (Å²) in [4.78, 5) is 21.2. The molecule has 3 N–H and O–H groups in total. The molecule has 13 heavy (non-hydrogen) atoms. The Morgan fingerprint density at radius 2 is 2.15 bits per heavy atom. The molecule has 0 aliphatic carbocycles. The van der Waals surface area contributed by atoms with Crippen molar-refractivity contribution in [2.24, 2.45) is 5.73 Å². The summed E-state index contributed by atoms with van der Waals surface area (Å²) in [6.07, 6.45) is 0. The highest BCUT2D eigenvalue weighted by molar-refractivity contribution is 5.87. The van der Waals surface area contributed by atoms with Crippen LogP contribution < -0.4 is 5.73 Å². The molecule has 0 bridgehead atoms. The van der Waals surface area contributed by atoms with E-state index in [9.17, 15) is 9.59 Å². The quantitative estimate of drug-likeness (QED) is 0.688. The minimum Gasteiger partial charge on any atom is -0.477 e. The Balaban J connectivity index is 3.08. The first-order chi connectivity index (χ1) is 6.02. The van der Waals surface area contributed by atoms with Crippen LogP contribution in [0.1, 0.15) is 16.2 Å². The number of hydrogen-bond acceptors (Lipinski definition) is 2. The van der Waals surface area contributed by atoms with Gasteiger partial charge < -0.3 is 15.4 Å². The normalized spacial score (nSPS) is 9.92. The van der Waals surface area contributed by atoms with Gasteiger partial charge in [0, 0.05) is 5.69 Å². The molecule has 0 saturated heterocycles. The number of carboxylic acid groups (broad SMARTS) is 1. The van der Waals surface area contributed by atoms with Crippen LogP contribution >= 0.6 is 0 Å². The van der Waals surface area contributed by atoms with Crippen molar-refractivity contribution in [3.63, 3.8) is 0 Å². The maximum Gasteiger partial charge on any atom is 0.352 e. The monoisotopic (exact) mass is 182 g/mol. The Labute approximate surface area is 74.8 Å². The number of carbonyl (C=O) groups is 2. The van der Waals surface area contributed by atoms with Gasteiger partial charge in [0.2, 0.25) is 5.91 Å². The molecule has 0 saturated carbocycles. The lowest BCUT2D eigenvalue weighted by molar-refractivity contribution is -0.118. The van der Waals surface area contributed by atoms with E-state index < -0.39 is 11.9 Å². The molecular weight excluding hydrogens is 172 g/mol. The van der Waals surface area contributed by atoms with Crippen LogP contribution in [-0.2, 0) is 11.3 Å². The van der Waals surface area contributed by atoms with Crippen LogP contribution in [-0.4, -0.2) is 21.6 Å². The predicted octanol–water partition coefficient (Wildman–Crippen LogP) is -0.0200. The van der Waals surface area contributed by atoms with Crippen molar-refractivity contribution in [1.82, 2.24) is 4.57 Å². The molecule has 70 valence electrons. The number of aromatic nitrogens is 1. The summed E-state index contributed by atoms with van der Waals surface area (Å²) in [5.41, 5.74) is 5.75. The summed E-state index contributed by atoms with van der Waals surface area (Å²) >= 11 is 0. The second kappa shape index (κ2) is 3.30. The molecule has 0 aliphatic heterocycles. The van der Waals surface area contributed by atoms with E-state index in [4.69, 9.17) is 10.8 Å². The fraction of sp³-hybridized carbons (Fsp3) is 0.250. The second-order valence-electron chi connectivity index (χ2n) is 2.72. The molecule has 0 unspecified atom stereocenters. The highest BCUT2D eigenvalue weighted by Crippen LogP contribution is 2.07. The van der Waals surface area contributed by atoms with Gasteiger partial charge in [-0.15, -0.1) is 0 Å². The Bertz CT molecular complexity index is 354. The molecule has 1 heterocycles. The van der Waals surface area contributed by atoms with Gasteiger partial charge in [0.1, 0.15) is 12.2 Å². The molecule has 1 aromatic rings. The smallest absolute Gasteiger partial charge is 0.352 e. The van der Waals surface area contributed by atoms with Gasteiger partial charge >= 0.3 is 5.97 Å². The second-order valence-corrected chi connectivity index (χ2v) is 2.72. The molecule has 0 spiro atoms. The summed E-state index contributed by atoms with van der Waals surface area (Å²) in [5.74, 6) is -1.61. The summed E-state index contributed by atoms with van der Waals surface area (Å²) < 4.78 is 1.37. The van der Waals surface area contributed by atoms with Crippen molar-refractivity contribution >= 4 is 11.9 Å². The van der Waals surface area contributed by atoms with Crippen LogP contribution in [0.3, 0.4) is 0 Å². The van der Waals surface area contributed by atoms with Crippen molar-refractivity contribution in [2.45, 2.75) is 13.5 Å². The maximum atomic E-state index is 10.6. The van der Waals surface area contributed by atoms with Gasteiger partial charge in [0.25, 0.3) is 0 Å². The molecule has 0 aromatic carbocycles. The van der Waals surface area contributed by atoms with Gasteiger partial charge in [0.05, 0.1) is 0 Å². The zero-order valence-electron chi connectivity index (χ0n) is 7.15. The van der Waals surface area contributed by atoms with E-state index >= 15 is 0 Å². The predicted molar refractivity (Wildman–Crippen MR) is 45.3 cm³/mol. The first kappa shape index (κ1) is 9.31. The highest BCUT2D eigenvalue weighted by atomic mass is 16.4. The van der Waals surface area contributed by atoms with Crippen LogP contribution in [0, 0.1) is 6.92 Å². The summed E-state index contributed by atoms with van der Waals surface area (Å²) in [6, 6.07) is 3.08. The lowest BCUT2D eigenvalue weighted by atomic mass is 10.4. The van der Waals surface area contributed by atoms with Crippen molar-refractivity contribution in [2.75, 3.05) is 0 Å². The average Bonchev–Trinajstić information content (AvgIpc) is 2.32. The van der Waals surface area contributed by atoms with E-state index in [0.29, 0.717) is 5.69 Å². The Morgan fingerprint density at radius 1 is 1.54 bits per heavy atom. The van der Waals surface area contributed by atoms with Gasteiger partial charge in [-0.2, -0.15) is 0 Å². The van der Waals surface area contributed by atoms with E-state index in [1.165, 1.54) is 10.6 Å². The van der Waals surface area contributed by atoms with E-state index in [1.54, 1.807) is 13.0 Å². The Morgan fingerprint density at radius 3 is 2.62 bits per heavy atom. The molecule has 1 amide bonds. The number of nitrogens with zero attached hydrogens (tertiary/aromatic N) is 1. The fourth-order valence-corrected chi connectivity index (χ4v) is 1.12. The molecule has 5 heteroatoms. The third-order valence-electron chi connectivity index (χ3n) is 1.73. The molecule has 1 rings (SSSR count). The van der Waals surface area contributed by atoms with Gasteiger partial charge in [-0.05, 0) is 19.1 Å². The van der Waals surface area contributed by atoms with Crippen LogP contribution in [0.2, 0.25) is 0 Å². The van der Waals surface area contributed by atoms with Gasteiger partial charge in [0.15, 0.2) is 0 Å². The first-order valence-electron chi connectivity index (χ1n) is 3.70. The lowest BCUT2D eigenvalue weighted by Gasteiger charge is -2.05. The van der Waals surface area contributed by atoms with E-state index in [1.807, 2.05) is 0 Å². The maximum absolute atomic E-state index is 10.6. The number of hydrogen-bond donors (Lipinski definition) is 2. The van der Waals surface area contributed by atoms with E-state index in [2.05, 4.69) is 0 Å². The Kier molecular flexibility index (Phi) is 2.36. The molecular formula is C8H10N2O3.